The standard InChI is InChI=1S/C25H29BrN4O2S/c1-5-6-7-21-29-19-14-27-18-12-20(26)33-23(18)22(19)30(21)15-17-10-8-16(9-11-17)13-28-24(31)32-25(2,3)4/h8-12,14H,5-7,13,15H2,1-4H3,(H,28,31). The van der Waals surface area contributed by atoms with Crippen molar-refractivity contribution in [2.45, 2.75) is 65.6 Å². The predicted octanol–water partition coefficient (Wildman–Crippen LogP) is 6.82. The zero-order valence-corrected chi connectivity index (χ0v) is 21.8. The van der Waals surface area contributed by atoms with E-state index in [9.17, 15) is 4.79 Å². The molecule has 1 N–H and O–H groups in total. The third kappa shape index (κ3) is 5.73. The third-order valence-electron chi connectivity index (χ3n) is 5.25. The summed E-state index contributed by atoms with van der Waals surface area (Å²) in [6.45, 7) is 8.94. The summed E-state index contributed by atoms with van der Waals surface area (Å²) < 4.78 is 9.88. The molecular formula is C25H29BrN4O2S. The summed E-state index contributed by atoms with van der Waals surface area (Å²) >= 11 is 5.31. The number of pyridine rings is 1. The maximum absolute atomic E-state index is 11.9. The van der Waals surface area contributed by atoms with Crippen LogP contribution < -0.4 is 5.32 Å². The van der Waals surface area contributed by atoms with E-state index in [1.165, 1.54) is 5.56 Å². The van der Waals surface area contributed by atoms with Crippen LogP contribution in [0.25, 0.3) is 21.3 Å². The van der Waals surface area contributed by atoms with Crippen molar-refractivity contribution in [3.05, 3.63) is 57.3 Å². The second-order valence-electron chi connectivity index (χ2n) is 9.15. The summed E-state index contributed by atoms with van der Waals surface area (Å²) in [5.41, 5.74) is 4.80. The normalized spacial score (nSPS) is 11.9. The molecule has 0 unspecified atom stereocenters. The fraction of sp³-hybridized carbons (Fsp3) is 0.400. The molecule has 1 amide bonds. The third-order valence-corrected chi connectivity index (χ3v) is 6.88. The van der Waals surface area contributed by atoms with Crippen LogP contribution in [0.15, 0.2) is 40.3 Å². The summed E-state index contributed by atoms with van der Waals surface area (Å²) in [6, 6.07) is 10.4. The highest BCUT2D eigenvalue weighted by atomic mass is 79.9. The van der Waals surface area contributed by atoms with Crippen LogP contribution in [0.4, 0.5) is 4.79 Å². The Hall–Kier alpha value is -2.45. The number of thiophene rings is 1. The largest absolute Gasteiger partial charge is 0.444 e. The van der Waals surface area contributed by atoms with Crippen LogP contribution in [0.3, 0.4) is 0 Å². The molecule has 0 aliphatic heterocycles. The molecule has 174 valence electrons. The maximum Gasteiger partial charge on any atom is 0.407 e. The van der Waals surface area contributed by atoms with E-state index in [4.69, 9.17) is 9.72 Å². The lowest BCUT2D eigenvalue weighted by atomic mass is 10.1. The van der Waals surface area contributed by atoms with Gasteiger partial charge in [-0.15, -0.1) is 11.3 Å². The van der Waals surface area contributed by atoms with Crippen molar-refractivity contribution in [2.75, 3.05) is 0 Å². The summed E-state index contributed by atoms with van der Waals surface area (Å²) in [5.74, 6) is 1.10. The number of nitrogens with one attached hydrogen (secondary N) is 1. The number of amides is 1. The number of aromatic nitrogens is 3. The number of nitrogens with zero attached hydrogens (tertiary/aromatic N) is 3. The van der Waals surface area contributed by atoms with E-state index in [-0.39, 0.29) is 0 Å². The number of hydrogen-bond donors (Lipinski definition) is 1. The van der Waals surface area contributed by atoms with Gasteiger partial charge in [-0.2, -0.15) is 0 Å². The Labute approximate surface area is 206 Å². The number of aryl methyl sites for hydroxylation is 1. The molecule has 0 spiro atoms. The molecule has 0 radical (unpaired) electrons. The predicted molar refractivity (Wildman–Crippen MR) is 138 cm³/mol. The Kier molecular flexibility index (Phi) is 7.05. The fourth-order valence-electron chi connectivity index (χ4n) is 3.73. The highest BCUT2D eigenvalue weighted by Crippen LogP contribution is 2.35. The fourth-order valence-corrected chi connectivity index (χ4v) is 5.32. The molecule has 4 aromatic rings. The van der Waals surface area contributed by atoms with Crippen LogP contribution in [0.2, 0.25) is 0 Å². The summed E-state index contributed by atoms with van der Waals surface area (Å²) in [7, 11) is 0. The number of alkyl carbamates (subject to hydrolysis) is 1. The highest BCUT2D eigenvalue weighted by molar-refractivity contribution is 9.11. The van der Waals surface area contributed by atoms with Crippen molar-refractivity contribution in [3.8, 4) is 0 Å². The van der Waals surface area contributed by atoms with Gasteiger partial charge in [0, 0.05) is 19.5 Å². The lowest BCUT2D eigenvalue weighted by molar-refractivity contribution is 0.0523. The first-order chi connectivity index (χ1) is 15.7. The number of ether oxygens (including phenoxy) is 1. The Morgan fingerprint density at radius 2 is 1.91 bits per heavy atom. The van der Waals surface area contributed by atoms with Gasteiger partial charge < -0.3 is 14.6 Å². The molecule has 33 heavy (non-hydrogen) atoms. The number of rotatable bonds is 7. The monoisotopic (exact) mass is 528 g/mol. The number of unbranched alkanes of at least 4 members (excludes halogenated alkanes) is 1. The van der Waals surface area contributed by atoms with E-state index < -0.39 is 11.7 Å². The van der Waals surface area contributed by atoms with Gasteiger partial charge in [0.25, 0.3) is 0 Å². The average molecular weight is 530 g/mol. The van der Waals surface area contributed by atoms with Gasteiger partial charge in [-0.25, -0.2) is 9.78 Å². The van der Waals surface area contributed by atoms with E-state index in [1.807, 2.05) is 27.0 Å². The van der Waals surface area contributed by atoms with Crippen LogP contribution >= 0.6 is 27.3 Å². The number of halogens is 1. The van der Waals surface area contributed by atoms with Gasteiger partial charge in [0.15, 0.2) is 0 Å². The Morgan fingerprint density at radius 1 is 1.18 bits per heavy atom. The minimum atomic E-state index is -0.504. The molecule has 0 aliphatic rings. The van der Waals surface area contributed by atoms with E-state index in [0.29, 0.717) is 6.54 Å². The van der Waals surface area contributed by atoms with Crippen LogP contribution in [-0.4, -0.2) is 26.2 Å². The molecule has 8 heteroatoms. The molecule has 0 aliphatic carbocycles. The lowest BCUT2D eigenvalue weighted by Crippen LogP contribution is -2.32. The zero-order valence-electron chi connectivity index (χ0n) is 19.4. The first-order valence-corrected chi connectivity index (χ1v) is 12.8. The second kappa shape index (κ2) is 9.81. The van der Waals surface area contributed by atoms with Gasteiger partial charge in [0.2, 0.25) is 0 Å². The van der Waals surface area contributed by atoms with Gasteiger partial charge >= 0.3 is 6.09 Å². The van der Waals surface area contributed by atoms with Crippen molar-refractivity contribution in [1.82, 2.24) is 19.9 Å². The van der Waals surface area contributed by atoms with E-state index >= 15 is 0 Å². The highest BCUT2D eigenvalue weighted by Gasteiger charge is 2.17. The van der Waals surface area contributed by atoms with Crippen molar-refractivity contribution in [3.63, 3.8) is 0 Å². The molecule has 0 saturated carbocycles. The second-order valence-corrected chi connectivity index (χ2v) is 11.6. The minimum Gasteiger partial charge on any atom is -0.444 e. The van der Waals surface area contributed by atoms with Gasteiger partial charge in [-0.3, -0.25) is 4.98 Å². The molecule has 1 aromatic carbocycles. The molecule has 6 nitrogen and oxygen atoms in total. The summed E-state index contributed by atoms with van der Waals surface area (Å²) in [4.78, 5) is 21.4. The molecule has 0 fully saturated rings. The number of carbonyl (C=O) groups excluding carboxylic acids is 1. The molecule has 0 atom stereocenters. The van der Waals surface area contributed by atoms with Crippen LogP contribution in [0, 0.1) is 0 Å². The number of benzene rings is 1. The van der Waals surface area contributed by atoms with E-state index in [1.54, 1.807) is 11.3 Å². The first kappa shape index (κ1) is 23.7. The van der Waals surface area contributed by atoms with Gasteiger partial charge in [0.1, 0.15) is 16.9 Å². The van der Waals surface area contributed by atoms with E-state index in [0.717, 1.165) is 62.2 Å². The number of imidazole rings is 1. The van der Waals surface area contributed by atoms with Crippen molar-refractivity contribution < 1.29 is 9.53 Å². The molecule has 3 aromatic heterocycles. The van der Waals surface area contributed by atoms with Crippen LogP contribution in [0.1, 0.15) is 57.5 Å². The zero-order chi connectivity index (χ0) is 23.6. The lowest BCUT2D eigenvalue weighted by Gasteiger charge is -2.19. The van der Waals surface area contributed by atoms with E-state index in [2.05, 4.69) is 68.1 Å². The quantitative estimate of drug-likeness (QED) is 0.285. The van der Waals surface area contributed by atoms with Crippen LogP contribution in [-0.2, 0) is 24.2 Å². The van der Waals surface area contributed by atoms with Crippen molar-refractivity contribution >= 4 is 54.6 Å². The maximum atomic E-state index is 11.9. The number of carbonyl (C=O) groups is 1. The molecule has 0 bridgehead atoms. The average Bonchev–Trinajstić information content (AvgIpc) is 3.29. The van der Waals surface area contributed by atoms with Crippen LogP contribution in [0.5, 0.6) is 0 Å². The molecule has 4 rings (SSSR count). The minimum absolute atomic E-state index is 0.406. The van der Waals surface area contributed by atoms with Gasteiger partial charge in [0.05, 0.1) is 25.7 Å². The Bertz CT molecular complexity index is 1270. The molecular weight excluding hydrogens is 500 g/mol. The van der Waals surface area contributed by atoms with Crippen molar-refractivity contribution in [1.29, 1.82) is 0 Å². The smallest absolute Gasteiger partial charge is 0.407 e. The molecule has 3 heterocycles. The first-order valence-electron chi connectivity index (χ1n) is 11.2. The number of fused-ring (bicyclic) bond motifs is 3. The summed E-state index contributed by atoms with van der Waals surface area (Å²) in [6.07, 6.45) is 4.65. The summed E-state index contributed by atoms with van der Waals surface area (Å²) in [5, 5.41) is 2.81. The van der Waals surface area contributed by atoms with Gasteiger partial charge in [-0.05, 0) is 60.3 Å². The SMILES string of the molecule is CCCCc1nc2cnc3cc(Br)sc3c2n1Cc1ccc(CNC(=O)OC(C)(C)C)cc1. The van der Waals surface area contributed by atoms with Crippen molar-refractivity contribution in [2.24, 2.45) is 0 Å². The molecule has 0 saturated heterocycles. The topological polar surface area (TPSA) is 69.0 Å². The Morgan fingerprint density at radius 3 is 2.61 bits per heavy atom. The number of hydrogen-bond acceptors (Lipinski definition) is 5. The van der Waals surface area contributed by atoms with Gasteiger partial charge in [-0.1, -0.05) is 37.6 Å². The Balaban J connectivity index is 1.57.